The molecule has 0 radical (unpaired) electrons. The molecule has 0 amide bonds. The van der Waals surface area contributed by atoms with Gasteiger partial charge in [-0.25, -0.2) is 9.97 Å². The summed E-state index contributed by atoms with van der Waals surface area (Å²) in [5.41, 5.74) is 0. The van der Waals surface area contributed by atoms with Crippen molar-refractivity contribution >= 4 is 27.6 Å². The fraction of sp³-hybridized carbons (Fsp3) is 0.636. The first-order valence-electron chi connectivity index (χ1n) is 6.12. The minimum Gasteiger partial charge on any atom is -0.253 e. The van der Waals surface area contributed by atoms with Crippen molar-refractivity contribution in [1.82, 2.24) is 14.3 Å². The summed E-state index contributed by atoms with van der Waals surface area (Å²) in [6, 6.07) is 0. The quantitative estimate of drug-likeness (QED) is 0.923. The molecular weight excluding hydrogens is 288 g/mol. The Balaban J connectivity index is 2.11. The molecule has 1 fully saturated rings. The first-order chi connectivity index (χ1) is 8.87. The van der Waals surface area contributed by atoms with Crippen LogP contribution in [0.2, 0.25) is 5.15 Å². The molecule has 1 saturated heterocycles. The van der Waals surface area contributed by atoms with Crippen LogP contribution in [0.4, 0.5) is 5.82 Å². The summed E-state index contributed by atoms with van der Waals surface area (Å²) in [4.78, 5) is 7.68. The van der Waals surface area contributed by atoms with Crippen molar-refractivity contribution in [2.75, 3.05) is 17.8 Å². The molecule has 8 heteroatoms. The van der Waals surface area contributed by atoms with Gasteiger partial charge in [0.1, 0.15) is 5.15 Å². The molecule has 0 aromatic carbocycles. The second-order valence-corrected chi connectivity index (χ2v) is 7.15. The van der Waals surface area contributed by atoms with Crippen molar-refractivity contribution < 1.29 is 8.42 Å². The smallest absolute Gasteiger partial charge is 0.253 e. The number of nitrogens with one attached hydrogen (secondary N) is 1. The maximum absolute atomic E-state index is 12.2. The molecule has 2 rings (SSSR count). The highest BCUT2D eigenvalue weighted by Crippen LogP contribution is 2.23. The van der Waals surface area contributed by atoms with Crippen LogP contribution in [0, 0.1) is 11.8 Å². The molecule has 0 aliphatic carbocycles. The Bertz CT molecular complexity index is 524. The molecule has 1 aromatic heterocycles. The van der Waals surface area contributed by atoms with Crippen molar-refractivity contribution in [3.8, 4) is 0 Å². The van der Waals surface area contributed by atoms with Crippen molar-refractivity contribution in [2.24, 2.45) is 11.8 Å². The highest BCUT2D eigenvalue weighted by Gasteiger charge is 2.30. The van der Waals surface area contributed by atoms with E-state index in [0.717, 1.165) is 6.42 Å². The molecule has 0 saturated carbocycles. The molecule has 19 heavy (non-hydrogen) atoms. The molecular formula is C11H17ClN4O2S. The van der Waals surface area contributed by atoms with E-state index in [0.29, 0.717) is 24.9 Å². The molecule has 2 unspecified atom stereocenters. The second-order valence-electron chi connectivity index (χ2n) is 5.09. The zero-order chi connectivity index (χ0) is 14.0. The van der Waals surface area contributed by atoms with Gasteiger partial charge in [0.05, 0.1) is 12.4 Å². The minimum atomic E-state index is -3.58. The van der Waals surface area contributed by atoms with Crippen LogP contribution >= 0.6 is 11.6 Å². The lowest BCUT2D eigenvalue weighted by molar-refractivity contribution is 0.223. The lowest BCUT2D eigenvalue weighted by atomic mass is 9.94. The van der Waals surface area contributed by atoms with Gasteiger partial charge in [0.15, 0.2) is 5.82 Å². The van der Waals surface area contributed by atoms with Crippen LogP contribution in [-0.4, -0.2) is 35.8 Å². The fourth-order valence-electron chi connectivity index (χ4n) is 2.36. The summed E-state index contributed by atoms with van der Waals surface area (Å²) in [6.45, 7) is 5.17. The number of anilines is 1. The van der Waals surface area contributed by atoms with E-state index in [1.54, 1.807) is 0 Å². The monoisotopic (exact) mass is 304 g/mol. The predicted octanol–water partition coefficient (Wildman–Crippen LogP) is 1.76. The van der Waals surface area contributed by atoms with E-state index >= 15 is 0 Å². The van der Waals surface area contributed by atoms with Crippen LogP contribution in [0.3, 0.4) is 0 Å². The highest BCUT2D eigenvalue weighted by atomic mass is 35.5. The Labute approximate surface area is 118 Å². The minimum absolute atomic E-state index is 0.176. The van der Waals surface area contributed by atoms with Crippen molar-refractivity contribution in [3.05, 3.63) is 17.5 Å². The molecule has 2 heterocycles. The third-order valence-electron chi connectivity index (χ3n) is 3.03. The average molecular weight is 305 g/mol. The number of hydrogen-bond donors (Lipinski definition) is 1. The van der Waals surface area contributed by atoms with E-state index in [4.69, 9.17) is 11.6 Å². The molecule has 1 aliphatic rings. The van der Waals surface area contributed by atoms with Gasteiger partial charge in [-0.05, 0) is 18.3 Å². The number of rotatable bonds is 3. The summed E-state index contributed by atoms with van der Waals surface area (Å²) < 4.78 is 28.4. The Hall–Kier alpha value is -0.920. The van der Waals surface area contributed by atoms with Gasteiger partial charge in [-0.15, -0.1) is 0 Å². The van der Waals surface area contributed by atoms with E-state index in [-0.39, 0.29) is 11.0 Å². The molecule has 0 bridgehead atoms. The maximum atomic E-state index is 12.2. The molecule has 0 spiro atoms. The van der Waals surface area contributed by atoms with Gasteiger partial charge in [0, 0.05) is 13.1 Å². The Morgan fingerprint density at radius 1 is 1.26 bits per heavy atom. The van der Waals surface area contributed by atoms with Gasteiger partial charge in [-0.1, -0.05) is 25.4 Å². The van der Waals surface area contributed by atoms with Crippen molar-refractivity contribution in [1.29, 1.82) is 0 Å². The predicted molar refractivity (Wildman–Crippen MR) is 74.1 cm³/mol. The van der Waals surface area contributed by atoms with Crippen molar-refractivity contribution in [3.63, 3.8) is 0 Å². The molecule has 1 aliphatic heterocycles. The number of halogens is 1. The standard InChI is InChI=1S/C11H17ClN4O2S/c1-8-3-9(2)7-16(6-8)19(17,18)15-11-5-13-10(12)4-14-11/h4-5,8-9H,3,6-7H2,1-2H3,(H,14,15). The number of aromatic nitrogens is 2. The average Bonchev–Trinajstić information content (AvgIpc) is 2.31. The summed E-state index contributed by atoms with van der Waals surface area (Å²) in [5.74, 6) is 0.892. The van der Waals surface area contributed by atoms with Gasteiger partial charge in [0.25, 0.3) is 0 Å². The van der Waals surface area contributed by atoms with Crippen LogP contribution in [0.1, 0.15) is 20.3 Å². The second kappa shape index (κ2) is 5.60. The van der Waals surface area contributed by atoms with E-state index in [1.807, 2.05) is 0 Å². The van der Waals surface area contributed by atoms with E-state index in [9.17, 15) is 8.42 Å². The summed E-state index contributed by atoms with van der Waals surface area (Å²) >= 11 is 5.61. The van der Waals surface area contributed by atoms with Crippen LogP contribution in [0.25, 0.3) is 0 Å². The van der Waals surface area contributed by atoms with Crippen LogP contribution in [0.15, 0.2) is 12.4 Å². The van der Waals surface area contributed by atoms with E-state index in [2.05, 4.69) is 28.5 Å². The summed E-state index contributed by atoms with van der Waals surface area (Å²) in [6.07, 6.45) is 3.66. The first kappa shape index (κ1) is 14.5. The third kappa shape index (κ3) is 3.77. The molecule has 106 valence electrons. The van der Waals surface area contributed by atoms with Gasteiger partial charge >= 0.3 is 10.2 Å². The van der Waals surface area contributed by atoms with Gasteiger partial charge in [-0.3, -0.25) is 4.72 Å². The molecule has 2 atom stereocenters. The Morgan fingerprint density at radius 3 is 2.42 bits per heavy atom. The normalized spacial score (nSPS) is 25.2. The summed E-state index contributed by atoms with van der Waals surface area (Å²) in [5, 5.41) is 0.225. The van der Waals surface area contributed by atoms with Crippen LogP contribution in [-0.2, 0) is 10.2 Å². The van der Waals surface area contributed by atoms with Gasteiger partial charge < -0.3 is 0 Å². The van der Waals surface area contributed by atoms with Gasteiger partial charge in [-0.2, -0.15) is 12.7 Å². The zero-order valence-corrected chi connectivity index (χ0v) is 12.4. The largest absolute Gasteiger partial charge is 0.302 e. The highest BCUT2D eigenvalue weighted by molar-refractivity contribution is 7.90. The van der Waals surface area contributed by atoms with E-state index in [1.165, 1.54) is 16.7 Å². The van der Waals surface area contributed by atoms with Gasteiger partial charge in [0.2, 0.25) is 0 Å². The molecule has 6 nitrogen and oxygen atoms in total. The first-order valence-corrected chi connectivity index (χ1v) is 7.94. The molecule has 1 aromatic rings. The lowest BCUT2D eigenvalue weighted by Gasteiger charge is -2.33. The van der Waals surface area contributed by atoms with Crippen LogP contribution < -0.4 is 4.72 Å². The Kier molecular flexibility index (Phi) is 4.27. The lowest BCUT2D eigenvalue weighted by Crippen LogP contribution is -2.45. The topological polar surface area (TPSA) is 75.2 Å². The maximum Gasteiger partial charge on any atom is 0.302 e. The van der Waals surface area contributed by atoms with Crippen LogP contribution in [0.5, 0.6) is 0 Å². The number of nitrogens with zero attached hydrogens (tertiary/aromatic N) is 3. The molecule has 1 N–H and O–H groups in total. The number of hydrogen-bond acceptors (Lipinski definition) is 4. The Morgan fingerprint density at radius 2 is 1.89 bits per heavy atom. The van der Waals surface area contributed by atoms with Crippen molar-refractivity contribution in [2.45, 2.75) is 20.3 Å². The third-order valence-corrected chi connectivity index (χ3v) is 4.67. The zero-order valence-electron chi connectivity index (χ0n) is 10.9. The van der Waals surface area contributed by atoms with E-state index < -0.39 is 10.2 Å². The SMILES string of the molecule is CC1CC(C)CN(S(=O)(=O)Nc2cnc(Cl)cn2)C1. The fourth-order valence-corrected chi connectivity index (χ4v) is 3.86. The number of piperidine rings is 1. The summed E-state index contributed by atoms with van der Waals surface area (Å²) in [7, 11) is -3.58.